The molecule has 31 heavy (non-hydrogen) atoms. The number of carbonyl (C=O) groups is 1. The van der Waals surface area contributed by atoms with Gasteiger partial charge in [-0.3, -0.25) is 4.98 Å². The van der Waals surface area contributed by atoms with Gasteiger partial charge in [-0.25, -0.2) is 14.8 Å². The van der Waals surface area contributed by atoms with Gasteiger partial charge >= 0.3 is 5.97 Å². The van der Waals surface area contributed by atoms with Crippen molar-refractivity contribution in [2.45, 2.75) is 17.1 Å². The van der Waals surface area contributed by atoms with E-state index in [-0.39, 0.29) is 0 Å². The van der Waals surface area contributed by atoms with E-state index in [1.54, 1.807) is 18.0 Å². The third kappa shape index (κ3) is 5.16. The minimum atomic E-state index is -0.429. The Kier molecular flexibility index (Phi) is 6.69. The highest BCUT2D eigenvalue weighted by atomic mass is 32.2. The van der Waals surface area contributed by atoms with Crippen LogP contribution in [0, 0.1) is 0 Å². The molecule has 6 heteroatoms. The molecular formula is C25H21N3O2S. The van der Waals surface area contributed by atoms with Crippen LogP contribution in [0.2, 0.25) is 0 Å². The van der Waals surface area contributed by atoms with E-state index in [1.807, 2.05) is 78.9 Å². The van der Waals surface area contributed by atoms with E-state index >= 15 is 0 Å². The molecular weight excluding hydrogens is 406 g/mol. The van der Waals surface area contributed by atoms with E-state index < -0.39 is 5.97 Å². The molecule has 0 unspecified atom stereocenters. The molecule has 5 nitrogen and oxygen atoms in total. The van der Waals surface area contributed by atoms with Crippen molar-refractivity contribution in [3.05, 3.63) is 108 Å². The van der Waals surface area contributed by atoms with Gasteiger partial charge in [0, 0.05) is 23.3 Å². The van der Waals surface area contributed by atoms with Crippen molar-refractivity contribution in [1.82, 2.24) is 15.0 Å². The summed E-state index contributed by atoms with van der Waals surface area (Å²) >= 11 is 1.62. The van der Waals surface area contributed by atoms with Gasteiger partial charge in [0.15, 0.2) is 5.82 Å². The Morgan fingerprint density at radius 3 is 2.23 bits per heavy atom. The number of hydrogen-bond donors (Lipinski definition) is 0. The number of rotatable bonds is 7. The van der Waals surface area contributed by atoms with Crippen LogP contribution in [0.3, 0.4) is 0 Å². The van der Waals surface area contributed by atoms with Crippen LogP contribution in [0.4, 0.5) is 0 Å². The van der Waals surface area contributed by atoms with Crippen molar-refractivity contribution in [1.29, 1.82) is 0 Å². The number of carbonyl (C=O) groups excluding carboxylic acids is 1. The third-order valence-electron chi connectivity index (χ3n) is 4.68. The molecule has 0 aliphatic carbocycles. The predicted octanol–water partition coefficient (Wildman–Crippen LogP) is 5.21. The highest BCUT2D eigenvalue weighted by molar-refractivity contribution is 7.98. The van der Waals surface area contributed by atoms with Crippen molar-refractivity contribution in [3.8, 4) is 11.5 Å². The van der Waals surface area contributed by atoms with Crippen LogP contribution in [-0.2, 0) is 16.9 Å². The van der Waals surface area contributed by atoms with Gasteiger partial charge < -0.3 is 4.74 Å². The van der Waals surface area contributed by atoms with E-state index in [2.05, 4.69) is 4.98 Å². The Bertz CT molecular complexity index is 1150. The fourth-order valence-corrected chi connectivity index (χ4v) is 4.06. The monoisotopic (exact) mass is 427 g/mol. The maximum Gasteiger partial charge on any atom is 0.341 e. The number of nitrogens with zero attached hydrogens (tertiary/aromatic N) is 3. The summed E-state index contributed by atoms with van der Waals surface area (Å²) in [4.78, 5) is 27.8. The SMILES string of the molecule is COC(=O)c1c(CSc2ccccc2)nc(-c2ccccn2)nc1Cc1ccccc1. The molecule has 0 fully saturated rings. The van der Waals surface area contributed by atoms with E-state index in [0.29, 0.717) is 40.6 Å². The Labute approximate surface area is 185 Å². The molecule has 2 aromatic heterocycles. The number of thioether (sulfide) groups is 1. The summed E-state index contributed by atoms with van der Waals surface area (Å²) in [7, 11) is 1.38. The molecule has 2 aromatic carbocycles. The summed E-state index contributed by atoms with van der Waals surface area (Å²) in [5.41, 5.74) is 3.42. The van der Waals surface area contributed by atoms with Crippen molar-refractivity contribution in [2.24, 2.45) is 0 Å². The molecule has 0 radical (unpaired) electrons. The number of esters is 1. The van der Waals surface area contributed by atoms with E-state index in [4.69, 9.17) is 14.7 Å². The fourth-order valence-electron chi connectivity index (χ4n) is 3.20. The molecule has 0 aliphatic rings. The standard InChI is InChI=1S/C25H21N3O2S/c1-30-25(29)23-21(16-18-10-4-2-5-11-18)27-24(20-14-8-9-15-26-20)28-22(23)17-31-19-12-6-3-7-13-19/h2-15H,16-17H2,1H3. The highest BCUT2D eigenvalue weighted by Gasteiger charge is 2.23. The average Bonchev–Trinajstić information content (AvgIpc) is 2.84. The Morgan fingerprint density at radius 2 is 1.55 bits per heavy atom. The molecule has 0 saturated heterocycles. The first-order chi connectivity index (χ1) is 15.2. The molecule has 0 atom stereocenters. The normalized spacial score (nSPS) is 10.6. The summed E-state index contributed by atoms with van der Waals surface area (Å²) in [6, 6.07) is 25.6. The van der Waals surface area contributed by atoms with Crippen LogP contribution < -0.4 is 0 Å². The van der Waals surface area contributed by atoms with Crippen LogP contribution in [0.25, 0.3) is 11.5 Å². The Balaban J connectivity index is 1.81. The molecule has 0 bridgehead atoms. The Hall–Kier alpha value is -3.51. The summed E-state index contributed by atoms with van der Waals surface area (Å²) in [5, 5.41) is 0. The lowest BCUT2D eigenvalue weighted by Crippen LogP contribution is -2.15. The molecule has 4 aromatic rings. The van der Waals surface area contributed by atoms with Gasteiger partial charge in [0.1, 0.15) is 11.3 Å². The largest absolute Gasteiger partial charge is 0.465 e. The molecule has 154 valence electrons. The number of hydrogen-bond acceptors (Lipinski definition) is 6. The molecule has 0 saturated carbocycles. The van der Waals surface area contributed by atoms with Crippen LogP contribution in [-0.4, -0.2) is 28.0 Å². The topological polar surface area (TPSA) is 65.0 Å². The highest BCUT2D eigenvalue weighted by Crippen LogP contribution is 2.27. The number of aromatic nitrogens is 3. The molecule has 0 amide bonds. The van der Waals surface area contributed by atoms with Gasteiger partial charge in [-0.05, 0) is 29.8 Å². The maximum atomic E-state index is 12.8. The lowest BCUT2D eigenvalue weighted by molar-refractivity contribution is 0.0597. The maximum absolute atomic E-state index is 12.8. The van der Waals surface area contributed by atoms with E-state index in [1.165, 1.54) is 7.11 Å². The number of methoxy groups -OCH3 is 1. The molecule has 4 rings (SSSR count). The first-order valence-electron chi connectivity index (χ1n) is 9.86. The quantitative estimate of drug-likeness (QED) is 0.298. The first-order valence-corrected chi connectivity index (χ1v) is 10.8. The predicted molar refractivity (Wildman–Crippen MR) is 122 cm³/mol. The summed E-state index contributed by atoms with van der Waals surface area (Å²) < 4.78 is 5.11. The van der Waals surface area contributed by atoms with E-state index in [9.17, 15) is 4.79 Å². The van der Waals surface area contributed by atoms with E-state index in [0.717, 1.165) is 10.5 Å². The number of pyridine rings is 1. The van der Waals surface area contributed by atoms with Crippen LogP contribution >= 0.6 is 11.8 Å². The zero-order valence-corrected chi connectivity index (χ0v) is 17.9. The minimum absolute atomic E-state index is 0.425. The third-order valence-corrected chi connectivity index (χ3v) is 5.70. The fraction of sp³-hybridized carbons (Fsp3) is 0.120. The van der Waals surface area contributed by atoms with Crippen molar-refractivity contribution in [3.63, 3.8) is 0 Å². The zero-order chi connectivity index (χ0) is 21.5. The van der Waals surface area contributed by atoms with Gasteiger partial charge in [0.2, 0.25) is 0 Å². The summed E-state index contributed by atoms with van der Waals surface area (Å²) in [6.45, 7) is 0. The summed E-state index contributed by atoms with van der Waals surface area (Å²) in [6.07, 6.45) is 2.21. The van der Waals surface area contributed by atoms with Gasteiger partial charge in [-0.1, -0.05) is 54.6 Å². The minimum Gasteiger partial charge on any atom is -0.465 e. The van der Waals surface area contributed by atoms with Gasteiger partial charge in [-0.15, -0.1) is 11.8 Å². The summed E-state index contributed by atoms with van der Waals surface area (Å²) in [5.74, 6) is 0.587. The van der Waals surface area contributed by atoms with Crippen molar-refractivity contribution < 1.29 is 9.53 Å². The average molecular weight is 428 g/mol. The van der Waals surface area contributed by atoms with Crippen LogP contribution in [0.1, 0.15) is 27.3 Å². The van der Waals surface area contributed by atoms with Crippen molar-refractivity contribution >= 4 is 17.7 Å². The zero-order valence-electron chi connectivity index (χ0n) is 17.1. The lowest BCUT2D eigenvalue weighted by Gasteiger charge is -2.14. The second-order valence-electron chi connectivity index (χ2n) is 6.79. The van der Waals surface area contributed by atoms with Gasteiger partial charge in [-0.2, -0.15) is 0 Å². The molecule has 0 spiro atoms. The molecule has 2 heterocycles. The van der Waals surface area contributed by atoms with Crippen LogP contribution in [0.5, 0.6) is 0 Å². The van der Waals surface area contributed by atoms with Crippen molar-refractivity contribution in [2.75, 3.05) is 7.11 Å². The lowest BCUT2D eigenvalue weighted by atomic mass is 10.0. The number of ether oxygens (including phenoxy) is 1. The molecule has 0 aliphatic heterocycles. The van der Waals surface area contributed by atoms with Gasteiger partial charge in [0.05, 0.1) is 18.5 Å². The molecule has 0 N–H and O–H groups in total. The second kappa shape index (κ2) is 10.00. The second-order valence-corrected chi connectivity index (χ2v) is 7.84. The van der Waals surface area contributed by atoms with Crippen LogP contribution in [0.15, 0.2) is 90.0 Å². The van der Waals surface area contributed by atoms with Gasteiger partial charge in [0.25, 0.3) is 0 Å². The Morgan fingerprint density at radius 1 is 0.871 bits per heavy atom. The first kappa shape index (κ1) is 20.8. The number of benzene rings is 2. The smallest absolute Gasteiger partial charge is 0.341 e.